The van der Waals surface area contributed by atoms with Gasteiger partial charge in [0, 0.05) is 18.4 Å². The number of hydrogen-bond donors (Lipinski definition) is 3. The molecule has 27 heavy (non-hydrogen) atoms. The van der Waals surface area contributed by atoms with Crippen molar-refractivity contribution in [1.82, 2.24) is 15.2 Å². The van der Waals surface area contributed by atoms with E-state index in [2.05, 4.69) is 15.6 Å². The Hall–Kier alpha value is -2.85. The maximum atomic E-state index is 13.1. The number of amides is 4. The lowest BCUT2D eigenvalue weighted by Gasteiger charge is -2.22. The van der Waals surface area contributed by atoms with Gasteiger partial charge in [0.25, 0.3) is 5.91 Å². The molecule has 2 aromatic rings. The summed E-state index contributed by atoms with van der Waals surface area (Å²) in [5.41, 5.74) is -0.323. The van der Waals surface area contributed by atoms with E-state index in [-0.39, 0.29) is 6.61 Å². The van der Waals surface area contributed by atoms with Crippen LogP contribution in [0.25, 0.3) is 0 Å². The van der Waals surface area contributed by atoms with Gasteiger partial charge in [-0.2, -0.15) is 0 Å². The smallest absolute Gasteiger partial charge is 0.325 e. The number of halogens is 1. The third-order valence-corrected chi connectivity index (χ3v) is 4.97. The Morgan fingerprint density at radius 2 is 2.07 bits per heavy atom. The predicted octanol–water partition coefficient (Wildman–Crippen LogP) is 1.22. The average Bonchev–Trinajstić information content (AvgIpc) is 3.14. The molecule has 2 heterocycles. The van der Waals surface area contributed by atoms with Gasteiger partial charge in [-0.05, 0) is 24.6 Å². The molecule has 0 radical (unpaired) electrons. The molecule has 1 fully saturated rings. The summed E-state index contributed by atoms with van der Waals surface area (Å²) in [4.78, 5) is 42.1. The molecule has 0 aliphatic carbocycles. The lowest BCUT2D eigenvalue weighted by Crippen LogP contribution is -2.42. The Morgan fingerprint density at radius 1 is 1.37 bits per heavy atom. The number of nitrogens with zero attached hydrogens (tertiary/aromatic N) is 2. The van der Waals surface area contributed by atoms with Crippen molar-refractivity contribution in [2.75, 3.05) is 18.5 Å². The summed E-state index contributed by atoms with van der Waals surface area (Å²) >= 11 is 1.18. The number of imide groups is 1. The number of urea groups is 1. The van der Waals surface area contributed by atoms with E-state index in [0.29, 0.717) is 22.8 Å². The van der Waals surface area contributed by atoms with Crippen LogP contribution in [-0.4, -0.2) is 46.0 Å². The quantitative estimate of drug-likeness (QED) is 0.640. The van der Waals surface area contributed by atoms with Crippen LogP contribution in [0.3, 0.4) is 0 Å². The van der Waals surface area contributed by atoms with Gasteiger partial charge in [0.05, 0.1) is 5.69 Å². The maximum absolute atomic E-state index is 13.1. The molecule has 1 saturated heterocycles. The van der Waals surface area contributed by atoms with E-state index in [9.17, 15) is 18.8 Å². The molecule has 10 heteroatoms. The van der Waals surface area contributed by atoms with E-state index < -0.39 is 35.7 Å². The van der Waals surface area contributed by atoms with Crippen LogP contribution in [0.15, 0.2) is 29.6 Å². The monoisotopic (exact) mass is 392 g/mol. The van der Waals surface area contributed by atoms with E-state index in [0.717, 1.165) is 4.90 Å². The van der Waals surface area contributed by atoms with E-state index >= 15 is 0 Å². The summed E-state index contributed by atoms with van der Waals surface area (Å²) in [5.74, 6) is -1.64. The standard InChI is InChI=1S/C17H17FN4O4S/c1-17(10-2-4-11(18)5-3-10)14(25)22(16(26)21-17)8-13(24)20-15-19-12(6-7-23)9-27-15/h2-5,9,23H,6-8H2,1H3,(H,21,26)(H,19,20,24). The SMILES string of the molecule is CC1(c2ccc(F)cc2)NC(=O)N(CC(=O)Nc2nc(CCO)cs2)C1=O. The summed E-state index contributed by atoms with van der Waals surface area (Å²) in [6, 6.07) is 4.51. The molecule has 1 aliphatic heterocycles. The van der Waals surface area contributed by atoms with Gasteiger partial charge in [-0.15, -0.1) is 11.3 Å². The van der Waals surface area contributed by atoms with Gasteiger partial charge in [0.2, 0.25) is 5.91 Å². The summed E-state index contributed by atoms with van der Waals surface area (Å²) < 4.78 is 13.1. The molecule has 1 aromatic carbocycles. The number of carbonyl (C=O) groups is 3. The fourth-order valence-electron chi connectivity index (χ4n) is 2.72. The zero-order valence-electron chi connectivity index (χ0n) is 14.4. The zero-order chi connectivity index (χ0) is 19.6. The molecular weight excluding hydrogens is 375 g/mol. The molecule has 3 rings (SSSR count). The first-order valence-electron chi connectivity index (χ1n) is 8.09. The summed E-state index contributed by atoms with van der Waals surface area (Å²) in [5, 5.41) is 16.0. The summed E-state index contributed by atoms with van der Waals surface area (Å²) in [6.45, 7) is 0.971. The van der Waals surface area contributed by atoms with E-state index in [1.165, 1.54) is 42.5 Å². The molecule has 3 N–H and O–H groups in total. The van der Waals surface area contributed by atoms with Gasteiger partial charge in [0.1, 0.15) is 17.9 Å². The molecule has 4 amide bonds. The topological polar surface area (TPSA) is 112 Å². The lowest BCUT2D eigenvalue weighted by atomic mass is 9.92. The third-order valence-electron chi connectivity index (χ3n) is 4.16. The summed E-state index contributed by atoms with van der Waals surface area (Å²) in [6.07, 6.45) is 0.370. The Morgan fingerprint density at radius 3 is 2.74 bits per heavy atom. The highest BCUT2D eigenvalue weighted by Gasteiger charge is 2.49. The van der Waals surface area contributed by atoms with Gasteiger partial charge < -0.3 is 15.7 Å². The Kier molecular flexibility index (Phi) is 5.19. The minimum atomic E-state index is -1.37. The number of aliphatic hydroxyl groups excluding tert-OH is 1. The first-order valence-corrected chi connectivity index (χ1v) is 8.96. The molecule has 1 unspecified atom stereocenters. The van der Waals surface area contributed by atoms with E-state index in [1.807, 2.05) is 0 Å². The molecular formula is C17H17FN4O4S. The first kappa shape index (κ1) is 18.9. The van der Waals surface area contributed by atoms with Crippen molar-refractivity contribution in [3.63, 3.8) is 0 Å². The first-order chi connectivity index (χ1) is 12.8. The van der Waals surface area contributed by atoms with Crippen LogP contribution in [0.5, 0.6) is 0 Å². The second-order valence-electron chi connectivity index (χ2n) is 6.12. The predicted molar refractivity (Wildman–Crippen MR) is 95.5 cm³/mol. The van der Waals surface area contributed by atoms with Gasteiger partial charge in [-0.3, -0.25) is 14.5 Å². The van der Waals surface area contributed by atoms with Crippen molar-refractivity contribution in [2.45, 2.75) is 18.9 Å². The number of aromatic nitrogens is 1. The fourth-order valence-corrected chi connectivity index (χ4v) is 3.48. The van der Waals surface area contributed by atoms with Crippen molar-refractivity contribution in [2.24, 2.45) is 0 Å². The largest absolute Gasteiger partial charge is 0.396 e. The van der Waals surface area contributed by atoms with Crippen LogP contribution in [0.4, 0.5) is 14.3 Å². The van der Waals surface area contributed by atoms with Gasteiger partial charge in [0.15, 0.2) is 5.13 Å². The van der Waals surface area contributed by atoms with Crippen LogP contribution in [0, 0.1) is 5.82 Å². The van der Waals surface area contributed by atoms with Crippen molar-refractivity contribution in [1.29, 1.82) is 0 Å². The lowest BCUT2D eigenvalue weighted by molar-refractivity contribution is -0.133. The highest BCUT2D eigenvalue weighted by Crippen LogP contribution is 2.29. The third kappa shape index (κ3) is 3.81. The Labute approximate surface area is 158 Å². The zero-order valence-corrected chi connectivity index (χ0v) is 15.2. The molecule has 0 spiro atoms. The van der Waals surface area contributed by atoms with Crippen LogP contribution in [-0.2, 0) is 21.5 Å². The number of carbonyl (C=O) groups excluding carboxylic acids is 3. The molecule has 8 nitrogen and oxygen atoms in total. The number of nitrogens with one attached hydrogen (secondary N) is 2. The number of thiazole rings is 1. The van der Waals surface area contributed by atoms with Gasteiger partial charge in [-0.1, -0.05) is 12.1 Å². The maximum Gasteiger partial charge on any atom is 0.325 e. The van der Waals surface area contributed by atoms with Crippen LogP contribution in [0.1, 0.15) is 18.2 Å². The van der Waals surface area contributed by atoms with Crippen molar-refractivity contribution in [3.8, 4) is 0 Å². The van der Waals surface area contributed by atoms with Gasteiger partial charge >= 0.3 is 6.03 Å². The summed E-state index contributed by atoms with van der Waals surface area (Å²) in [7, 11) is 0. The molecule has 1 aromatic heterocycles. The van der Waals surface area contributed by atoms with E-state index in [1.54, 1.807) is 5.38 Å². The Balaban J connectivity index is 1.69. The van der Waals surface area contributed by atoms with Gasteiger partial charge in [-0.25, -0.2) is 14.2 Å². The molecule has 1 atom stereocenters. The van der Waals surface area contributed by atoms with E-state index in [4.69, 9.17) is 5.11 Å². The van der Waals surface area contributed by atoms with Crippen molar-refractivity contribution >= 4 is 34.3 Å². The molecule has 0 bridgehead atoms. The molecule has 142 valence electrons. The average molecular weight is 392 g/mol. The normalized spacial score (nSPS) is 19.3. The van der Waals surface area contributed by atoms with Crippen molar-refractivity contribution < 1.29 is 23.9 Å². The number of aliphatic hydroxyl groups is 1. The highest BCUT2D eigenvalue weighted by molar-refractivity contribution is 7.13. The minimum absolute atomic E-state index is 0.0540. The molecule has 1 aliphatic rings. The van der Waals surface area contributed by atoms with Crippen LogP contribution < -0.4 is 10.6 Å². The number of anilines is 1. The highest BCUT2D eigenvalue weighted by atomic mass is 32.1. The van der Waals surface area contributed by atoms with Crippen LogP contribution >= 0.6 is 11.3 Å². The number of rotatable bonds is 6. The van der Waals surface area contributed by atoms with Crippen molar-refractivity contribution in [3.05, 3.63) is 46.7 Å². The number of benzene rings is 1. The second-order valence-corrected chi connectivity index (χ2v) is 6.98. The Bertz CT molecular complexity index is 885. The molecule has 0 saturated carbocycles. The minimum Gasteiger partial charge on any atom is -0.396 e. The van der Waals surface area contributed by atoms with Crippen LogP contribution in [0.2, 0.25) is 0 Å². The fraction of sp³-hybridized carbons (Fsp3) is 0.294. The second kappa shape index (κ2) is 7.41. The number of hydrogen-bond acceptors (Lipinski definition) is 6.